The number of hydrogen-bond donors (Lipinski definition) is 0. The van der Waals surface area contributed by atoms with Crippen LogP contribution >= 0.6 is 11.3 Å². The van der Waals surface area contributed by atoms with Gasteiger partial charge in [-0.3, -0.25) is 0 Å². The Morgan fingerprint density at radius 2 is 1.27 bits per heavy atom. The molecule has 4 unspecified atom stereocenters. The van der Waals surface area contributed by atoms with Crippen LogP contribution in [0.2, 0.25) is 0 Å². The maximum absolute atomic E-state index is 7.35. The van der Waals surface area contributed by atoms with Crippen LogP contribution in [0.4, 0.5) is 11.4 Å². The zero-order valence-corrected chi connectivity index (χ0v) is 41.7. The molecule has 0 spiro atoms. The molecule has 12 aromatic rings. The number of furan rings is 1. The van der Waals surface area contributed by atoms with Crippen molar-refractivity contribution >= 4 is 115 Å². The largest absolute Gasteiger partial charge is 0.455 e. The molecule has 2 fully saturated rings. The molecule has 5 heteroatoms. The van der Waals surface area contributed by atoms with Crippen molar-refractivity contribution in [1.82, 2.24) is 4.57 Å². The highest BCUT2D eigenvalue weighted by Gasteiger charge is 2.49. The van der Waals surface area contributed by atoms with Crippen LogP contribution in [-0.4, -0.2) is 11.4 Å². The average molecular weight is 953 g/mol. The summed E-state index contributed by atoms with van der Waals surface area (Å²) in [5, 5.41) is 10.3. The van der Waals surface area contributed by atoms with Crippen LogP contribution in [0.25, 0.3) is 103 Å². The molecule has 2 saturated carbocycles. The Labute approximate surface area is 427 Å². The zero-order valence-electron chi connectivity index (χ0n) is 40.9. The fraction of sp³-hybridized carbons (Fsp3) is 0.176. The number of hydrogen-bond acceptors (Lipinski definition) is 3. The van der Waals surface area contributed by atoms with Gasteiger partial charge in [0.25, 0.3) is 0 Å². The number of para-hydroxylation sites is 1. The first-order chi connectivity index (χ1) is 35.8. The predicted octanol–water partition coefficient (Wildman–Crippen LogP) is 17.1. The van der Waals surface area contributed by atoms with E-state index < -0.39 is 0 Å². The Morgan fingerprint density at radius 3 is 2.07 bits per heavy atom. The summed E-state index contributed by atoms with van der Waals surface area (Å²) in [6.45, 7) is 4.96. The highest BCUT2D eigenvalue weighted by Crippen LogP contribution is 2.57. The third-order valence-corrected chi connectivity index (χ3v) is 20.1. The van der Waals surface area contributed by atoms with E-state index in [4.69, 9.17) is 4.42 Å². The Balaban J connectivity index is 1.01. The molecule has 5 heterocycles. The molecular formula is C68H49BN2OS. The van der Waals surface area contributed by atoms with E-state index in [2.05, 4.69) is 199 Å². The lowest BCUT2D eigenvalue weighted by Crippen LogP contribution is -2.61. The van der Waals surface area contributed by atoms with Gasteiger partial charge in [-0.2, -0.15) is 0 Å². The normalized spacial score (nSPS) is 22.3. The molecule has 0 bridgehead atoms. The molecule has 4 aliphatic carbocycles. The summed E-state index contributed by atoms with van der Waals surface area (Å²) >= 11 is 1.92. The Bertz CT molecular complexity index is 4570. The summed E-state index contributed by atoms with van der Waals surface area (Å²) in [4.78, 5) is 2.74. The van der Waals surface area contributed by atoms with Crippen LogP contribution in [0.15, 0.2) is 192 Å². The molecular weight excluding hydrogens is 904 g/mol. The molecule has 0 amide bonds. The van der Waals surface area contributed by atoms with Gasteiger partial charge in [0.15, 0.2) is 0 Å². The number of benzene rings is 9. The molecule has 18 rings (SSSR count). The van der Waals surface area contributed by atoms with E-state index in [0.717, 1.165) is 35.3 Å². The quantitative estimate of drug-likeness (QED) is 0.129. The van der Waals surface area contributed by atoms with Gasteiger partial charge < -0.3 is 13.8 Å². The first-order valence-electron chi connectivity index (χ1n) is 26.7. The van der Waals surface area contributed by atoms with E-state index in [1.54, 1.807) is 11.1 Å². The van der Waals surface area contributed by atoms with Gasteiger partial charge in [0, 0.05) is 69.9 Å². The number of allylic oxidation sites excluding steroid dienone is 4. The molecule has 346 valence electrons. The van der Waals surface area contributed by atoms with Crippen molar-refractivity contribution in [2.24, 2.45) is 11.8 Å². The van der Waals surface area contributed by atoms with E-state index in [0.29, 0.717) is 5.92 Å². The molecule has 73 heavy (non-hydrogen) atoms. The Hall–Kier alpha value is -7.60. The number of thiophene rings is 1. The maximum Gasteiger partial charge on any atom is 0.333 e. The Morgan fingerprint density at radius 1 is 0.562 bits per heavy atom. The summed E-state index contributed by atoms with van der Waals surface area (Å²) in [5.74, 6) is 1.46. The van der Waals surface area contributed by atoms with Crippen LogP contribution in [0.1, 0.15) is 63.5 Å². The first kappa shape index (κ1) is 40.0. The molecule has 3 aromatic heterocycles. The van der Waals surface area contributed by atoms with Gasteiger partial charge in [0.05, 0.1) is 11.0 Å². The molecule has 9 aromatic carbocycles. The summed E-state index contributed by atoms with van der Waals surface area (Å²) in [5.41, 5.74) is 22.3. The summed E-state index contributed by atoms with van der Waals surface area (Å²) < 4.78 is 12.7. The first-order valence-corrected chi connectivity index (χ1v) is 27.5. The van der Waals surface area contributed by atoms with E-state index >= 15 is 0 Å². The van der Waals surface area contributed by atoms with Crippen LogP contribution < -0.4 is 15.7 Å². The third-order valence-electron chi connectivity index (χ3n) is 19.0. The van der Waals surface area contributed by atoms with Crippen molar-refractivity contribution in [2.75, 3.05) is 4.81 Å². The number of rotatable bonds is 4. The van der Waals surface area contributed by atoms with Crippen LogP contribution in [0, 0.1) is 11.8 Å². The van der Waals surface area contributed by atoms with Gasteiger partial charge in [0.1, 0.15) is 11.2 Å². The molecule has 3 nitrogen and oxygen atoms in total. The van der Waals surface area contributed by atoms with Crippen molar-refractivity contribution in [3.8, 4) is 27.9 Å². The minimum Gasteiger partial charge on any atom is -0.455 e. The number of aromatic nitrogens is 1. The van der Waals surface area contributed by atoms with Gasteiger partial charge in [-0.05, 0) is 172 Å². The van der Waals surface area contributed by atoms with Gasteiger partial charge in [-0.1, -0.05) is 134 Å². The van der Waals surface area contributed by atoms with Gasteiger partial charge >= 0.3 is 6.85 Å². The molecule has 0 saturated heterocycles. The number of nitrogens with zero attached hydrogens (tertiary/aromatic N) is 2. The van der Waals surface area contributed by atoms with Gasteiger partial charge in [-0.25, -0.2) is 0 Å². The van der Waals surface area contributed by atoms with Crippen molar-refractivity contribution < 1.29 is 4.42 Å². The summed E-state index contributed by atoms with van der Waals surface area (Å²) in [7, 11) is 0. The van der Waals surface area contributed by atoms with Gasteiger partial charge in [0.2, 0.25) is 0 Å². The SMILES string of the molecule is CC1(c2ccc3c(c2)c2cc(C4(C)CC=C5CC5C4)cc4c2n3-c2cc3c(oc5ccccc53)c3c2B4N(c2ccc(-c4ccccc4)cc2)c2ccc4sc5cc6ccccc6cc5c4c2-3)CC=C2CC2C1. The number of fused-ring (bicyclic) bond motifs is 18. The third kappa shape index (κ3) is 5.36. The van der Waals surface area contributed by atoms with Gasteiger partial charge in [-0.15, -0.1) is 11.3 Å². The molecule has 2 aliphatic heterocycles. The van der Waals surface area contributed by atoms with E-state index in [1.807, 2.05) is 11.3 Å². The minimum atomic E-state index is -0.145. The smallest absolute Gasteiger partial charge is 0.333 e. The monoisotopic (exact) mass is 952 g/mol. The summed E-state index contributed by atoms with van der Waals surface area (Å²) in [6.07, 6.45) is 12.4. The average Bonchev–Trinajstić information content (AvgIpc) is 4.27. The van der Waals surface area contributed by atoms with Crippen molar-refractivity contribution in [3.63, 3.8) is 0 Å². The summed E-state index contributed by atoms with van der Waals surface area (Å²) in [6, 6.07) is 63.1. The standard InChI is InChI=1S/C68H49BN2OS/c1-67(26-24-42-28-44(42)36-67)46-18-21-55-50(32-46)51-33-47(68(2)27-25-43-29-45(43)37-68)34-54-65(51)70(55)57-35-52-49-14-8-9-15-58(49)72-66(52)63-62-56(22-23-59-61(62)53-30-40-12-6-7-13-41(40)31-60(53)73-59)71(69(54)64(57)63)48-19-16-39(17-20-48)38-10-4-3-5-11-38/h3-25,30-35,44-45H,26-29,36-37H2,1-2H3. The second-order valence-electron chi connectivity index (χ2n) is 23.3. The highest BCUT2D eigenvalue weighted by atomic mass is 32.1. The second-order valence-corrected chi connectivity index (χ2v) is 24.4. The number of anilines is 2. The van der Waals surface area contributed by atoms with Crippen molar-refractivity contribution in [3.05, 3.63) is 198 Å². The minimum absolute atomic E-state index is 0.0228. The lowest BCUT2D eigenvalue weighted by atomic mass is 9.43. The highest BCUT2D eigenvalue weighted by molar-refractivity contribution is 7.26. The Kier molecular flexibility index (Phi) is 7.51. The van der Waals surface area contributed by atoms with E-state index in [9.17, 15) is 0 Å². The van der Waals surface area contributed by atoms with E-state index in [1.165, 1.54) is 145 Å². The lowest BCUT2D eigenvalue weighted by molar-refractivity contribution is 0.407. The fourth-order valence-corrected chi connectivity index (χ4v) is 16.2. The molecule has 6 aliphatic rings. The zero-order chi connectivity index (χ0) is 47.6. The van der Waals surface area contributed by atoms with Crippen molar-refractivity contribution in [2.45, 2.75) is 63.2 Å². The topological polar surface area (TPSA) is 21.3 Å². The maximum atomic E-state index is 7.35. The van der Waals surface area contributed by atoms with Crippen LogP contribution in [0.5, 0.6) is 0 Å². The fourth-order valence-electron chi connectivity index (χ4n) is 15.0. The molecule has 0 radical (unpaired) electrons. The predicted molar refractivity (Wildman–Crippen MR) is 308 cm³/mol. The molecule has 4 atom stereocenters. The van der Waals surface area contributed by atoms with E-state index in [-0.39, 0.29) is 17.7 Å². The lowest BCUT2D eigenvalue weighted by Gasteiger charge is -2.43. The van der Waals surface area contributed by atoms with Crippen molar-refractivity contribution in [1.29, 1.82) is 0 Å². The second kappa shape index (κ2) is 13.7. The van der Waals surface area contributed by atoms with Crippen LogP contribution in [0.3, 0.4) is 0 Å². The molecule has 0 N–H and O–H groups in total. The van der Waals surface area contributed by atoms with Crippen LogP contribution in [-0.2, 0) is 10.8 Å².